The van der Waals surface area contributed by atoms with Crippen LogP contribution < -0.4 is 5.32 Å². The van der Waals surface area contributed by atoms with Gasteiger partial charge in [0.1, 0.15) is 0 Å². The molecule has 0 spiro atoms. The van der Waals surface area contributed by atoms with Crippen LogP contribution in [0.5, 0.6) is 0 Å². The molecule has 15 heavy (non-hydrogen) atoms. The van der Waals surface area contributed by atoms with Gasteiger partial charge in [-0.2, -0.15) is 0 Å². The zero-order chi connectivity index (χ0) is 11.5. The van der Waals surface area contributed by atoms with Crippen LogP contribution in [0.1, 0.15) is 26.2 Å². The molecule has 1 heterocycles. The van der Waals surface area contributed by atoms with Crippen LogP contribution in [0.2, 0.25) is 0 Å². The lowest BCUT2D eigenvalue weighted by molar-refractivity contribution is -0.135. The lowest BCUT2D eigenvalue weighted by atomic mass is 9.97. The van der Waals surface area contributed by atoms with Crippen LogP contribution >= 0.6 is 0 Å². The zero-order valence-electron chi connectivity index (χ0n) is 8.50. The van der Waals surface area contributed by atoms with Gasteiger partial charge >= 0.3 is 6.09 Å². The van der Waals surface area contributed by atoms with E-state index >= 15 is 0 Å². The molecule has 88 valence electrons. The second-order valence-corrected chi connectivity index (χ2v) is 3.68. The van der Waals surface area contributed by atoms with Crippen molar-refractivity contribution in [1.29, 1.82) is 0 Å². The van der Waals surface area contributed by atoms with Gasteiger partial charge in [0.05, 0.1) is 18.8 Å². The first-order valence-corrected chi connectivity index (χ1v) is 4.93. The summed E-state index contributed by atoms with van der Waals surface area (Å²) in [5, 5.41) is 10.7. The first kappa shape index (κ1) is 12.2. The van der Waals surface area contributed by atoms with Crippen molar-refractivity contribution in [2.24, 2.45) is 0 Å². The normalized spacial score (nSPS) is 27.0. The number of halogens is 2. The Balaban J connectivity index is 2.56. The van der Waals surface area contributed by atoms with Crippen molar-refractivity contribution in [3.63, 3.8) is 0 Å². The number of hydrogen-bond acceptors (Lipinski definition) is 2. The van der Waals surface area contributed by atoms with Gasteiger partial charge < -0.3 is 15.2 Å². The Labute approximate surface area is 86.6 Å². The highest BCUT2D eigenvalue weighted by atomic mass is 19.3. The predicted octanol–water partition coefficient (Wildman–Crippen LogP) is 1.85. The Kier molecular flexibility index (Phi) is 3.84. The van der Waals surface area contributed by atoms with Crippen LogP contribution in [-0.2, 0) is 4.74 Å². The Bertz CT molecular complexity index is 235. The number of carbonyl (C=O) groups is 1. The summed E-state index contributed by atoms with van der Waals surface area (Å²) in [6.07, 6.45) is -2.19. The van der Waals surface area contributed by atoms with Crippen LogP contribution in [0.3, 0.4) is 0 Å². The molecule has 0 aromatic heterocycles. The highest BCUT2D eigenvalue weighted by molar-refractivity contribution is 5.64. The van der Waals surface area contributed by atoms with E-state index in [0.717, 1.165) is 0 Å². The van der Waals surface area contributed by atoms with Crippen LogP contribution in [0, 0.1) is 0 Å². The van der Waals surface area contributed by atoms with E-state index in [1.807, 2.05) is 0 Å². The van der Waals surface area contributed by atoms with Crippen molar-refractivity contribution < 1.29 is 23.4 Å². The van der Waals surface area contributed by atoms with E-state index in [9.17, 15) is 13.6 Å². The SMILES string of the molecule is CC[C@@H](NC(=O)O)C1CC(F)(F)CCO1. The minimum atomic E-state index is -2.74. The number of alkyl halides is 2. The van der Waals surface area contributed by atoms with Crippen molar-refractivity contribution >= 4 is 6.09 Å². The molecule has 2 atom stereocenters. The number of hydrogen-bond donors (Lipinski definition) is 2. The molecule has 1 rings (SSSR count). The molecule has 0 saturated carbocycles. The quantitative estimate of drug-likeness (QED) is 0.767. The maximum Gasteiger partial charge on any atom is 0.404 e. The lowest BCUT2D eigenvalue weighted by Crippen LogP contribution is -2.48. The second kappa shape index (κ2) is 4.74. The largest absolute Gasteiger partial charge is 0.465 e. The van der Waals surface area contributed by atoms with Crippen LogP contribution in [0.25, 0.3) is 0 Å². The third-order valence-electron chi connectivity index (χ3n) is 2.50. The molecule has 1 saturated heterocycles. The summed E-state index contributed by atoms with van der Waals surface area (Å²) >= 11 is 0. The van der Waals surface area contributed by atoms with Gasteiger partial charge in [-0.05, 0) is 6.42 Å². The molecule has 1 amide bonds. The van der Waals surface area contributed by atoms with Crippen molar-refractivity contribution in [2.45, 2.75) is 44.3 Å². The highest BCUT2D eigenvalue weighted by Gasteiger charge is 2.40. The molecule has 2 N–H and O–H groups in total. The molecule has 1 aliphatic rings. The third-order valence-corrected chi connectivity index (χ3v) is 2.50. The number of carboxylic acid groups (broad SMARTS) is 1. The molecule has 0 aromatic carbocycles. The third kappa shape index (κ3) is 3.62. The van der Waals surface area contributed by atoms with Crippen LogP contribution in [0.15, 0.2) is 0 Å². The zero-order valence-corrected chi connectivity index (χ0v) is 8.50. The Hall–Kier alpha value is -0.910. The van der Waals surface area contributed by atoms with E-state index in [1.165, 1.54) is 0 Å². The average molecular weight is 223 g/mol. The summed E-state index contributed by atoms with van der Waals surface area (Å²) in [6, 6.07) is -0.561. The summed E-state index contributed by atoms with van der Waals surface area (Å²) in [5.41, 5.74) is 0. The fraction of sp³-hybridized carbons (Fsp3) is 0.889. The predicted molar refractivity (Wildman–Crippen MR) is 49.2 cm³/mol. The number of rotatable bonds is 3. The Morgan fingerprint density at radius 3 is 2.87 bits per heavy atom. The van der Waals surface area contributed by atoms with Gasteiger partial charge in [-0.25, -0.2) is 13.6 Å². The van der Waals surface area contributed by atoms with Crippen LogP contribution in [0.4, 0.5) is 13.6 Å². The average Bonchev–Trinajstić information content (AvgIpc) is 2.12. The summed E-state index contributed by atoms with van der Waals surface area (Å²) in [5.74, 6) is -2.74. The monoisotopic (exact) mass is 223 g/mol. The van der Waals surface area contributed by atoms with Gasteiger partial charge in [0.15, 0.2) is 0 Å². The fourth-order valence-corrected chi connectivity index (χ4v) is 1.69. The lowest BCUT2D eigenvalue weighted by Gasteiger charge is -2.33. The van der Waals surface area contributed by atoms with Gasteiger partial charge in [0.25, 0.3) is 5.92 Å². The molecule has 0 aliphatic carbocycles. The van der Waals surface area contributed by atoms with Crippen molar-refractivity contribution in [3.05, 3.63) is 0 Å². The van der Waals surface area contributed by atoms with Gasteiger partial charge in [-0.3, -0.25) is 0 Å². The molecular weight excluding hydrogens is 208 g/mol. The summed E-state index contributed by atoms with van der Waals surface area (Å²) in [6.45, 7) is 1.71. The first-order chi connectivity index (χ1) is 6.94. The standard InChI is InChI=1S/C9H15F2NO3/c1-2-6(12-8(13)14)7-5-9(10,11)3-4-15-7/h6-7,12H,2-5H2,1H3,(H,13,14)/t6-,7?/m1/s1. The molecule has 1 fully saturated rings. The minimum Gasteiger partial charge on any atom is -0.465 e. The number of ether oxygens (including phenoxy) is 1. The molecular formula is C9H15F2NO3. The minimum absolute atomic E-state index is 0.0184. The smallest absolute Gasteiger partial charge is 0.404 e. The van der Waals surface area contributed by atoms with Gasteiger partial charge in [0.2, 0.25) is 0 Å². The molecule has 1 aliphatic heterocycles. The van der Waals surface area contributed by atoms with E-state index in [4.69, 9.17) is 9.84 Å². The maximum atomic E-state index is 13.0. The fourth-order valence-electron chi connectivity index (χ4n) is 1.69. The second-order valence-electron chi connectivity index (χ2n) is 3.68. The summed E-state index contributed by atoms with van der Waals surface area (Å²) in [7, 11) is 0. The molecule has 0 aromatic rings. The van der Waals surface area contributed by atoms with E-state index in [-0.39, 0.29) is 13.0 Å². The van der Waals surface area contributed by atoms with Gasteiger partial charge in [-0.15, -0.1) is 0 Å². The van der Waals surface area contributed by atoms with Gasteiger partial charge in [-0.1, -0.05) is 6.92 Å². The van der Waals surface area contributed by atoms with Crippen molar-refractivity contribution in [2.75, 3.05) is 6.61 Å². The summed E-state index contributed by atoms with van der Waals surface area (Å²) < 4.78 is 31.2. The number of amides is 1. The van der Waals surface area contributed by atoms with E-state index in [2.05, 4.69) is 5.32 Å². The molecule has 1 unspecified atom stereocenters. The number of nitrogens with one attached hydrogen (secondary N) is 1. The highest BCUT2D eigenvalue weighted by Crippen LogP contribution is 2.31. The molecule has 6 heteroatoms. The Morgan fingerprint density at radius 1 is 1.73 bits per heavy atom. The van der Waals surface area contributed by atoms with E-state index in [0.29, 0.717) is 6.42 Å². The van der Waals surface area contributed by atoms with Crippen LogP contribution in [-0.4, -0.2) is 35.9 Å². The van der Waals surface area contributed by atoms with Gasteiger partial charge in [0, 0.05) is 12.8 Å². The van der Waals surface area contributed by atoms with E-state index in [1.54, 1.807) is 6.92 Å². The maximum absolute atomic E-state index is 13.0. The topological polar surface area (TPSA) is 58.6 Å². The molecule has 4 nitrogen and oxygen atoms in total. The molecule has 0 radical (unpaired) electrons. The van der Waals surface area contributed by atoms with Crippen molar-refractivity contribution in [1.82, 2.24) is 5.32 Å². The molecule has 0 bridgehead atoms. The van der Waals surface area contributed by atoms with E-state index < -0.39 is 30.6 Å². The first-order valence-electron chi connectivity index (χ1n) is 4.93. The van der Waals surface area contributed by atoms with Crippen molar-refractivity contribution in [3.8, 4) is 0 Å². The Morgan fingerprint density at radius 2 is 2.40 bits per heavy atom. The summed E-state index contributed by atoms with van der Waals surface area (Å²) in [4.78, 5) is 10.4.